The summed E-state index contributed by atoms with van der Waals surface area (Å²) in [5, 5.41) is 5.17. The van der Waals surface area contributed by atoms with Gasteiger partial charge in [-0.1, -0.05) is 251 Å². The van der Waals surface area contributed by atoms with Gasteiger partial charge < -0.3 is 19.4 Å². The predicted octanol–water partition coefficient (Wildman–Crippen LogP) is 17.5. The average Bonchev–Trinajstić information content (AvgIpc) is 1.48. The molecule has 0 saturated heterocycles. The number of aromatic nitrogens is 1. The molecule has 13 rings (SSSR count). The summed E-state index contributed by atoms with van der Waals surface area (Å²) < 4.78 is 52.6. The van der Waals surface area contributed by atoms with Crippen molar-refractivity contribution in [2.75, 3.05) is 14.7 Å². The molecule has 5 nitrogen and oxygen atoms in total. The van der Waals surface area contributed by atoms with Gasteiger partial charge in [-0.15, -0.1) is 59.0 Å². The van der Waals surface area contributed by atoms with Gasteiger partial charge in [0.15, 0.2) is 0 Å². The fourth-order valence-corrected chi connectivity index (χ4v) is 17.8. The molecule has 1 aromatic heterocycles. The molecular formula is C76H71N4OPtSi-3. The molecule has 0 amide bonds. The van der Waals surface area contributed by atoms with Crippen LogP contribution in [0.3, 0.4) is 0 Å². The first-order valence-electron chi connectivity index (χ1n) is 31.0. The molecule has 418 valence electrons. The summed E-state index contributed by atoms with van der Waals surface area (Å²) in [6.45, 7) is 28.7. The molecule has 10 aromatic rings. The van der Waals surface area contributed by atoms with Gasteiger partial charge in [0.2, 0.25) is 0 Å². The van der Waals surface area contributed by atoms with Gasteiger partial charge in [-0.2, -0.15) is 0 Å². The molecule has 0 spiro atoms. The van der Waals surface area contributed by atoms with Crippen LogP contribution in [0.25, 0.3) is 33.4 Å². The summed E-state index contributed by atoms with van der Waals surface area (Å²) in [6.07, 6.45) is 1.93. The van der Waals surface area contributed by atoms with E-state index in [-0.39, 0.29) is 60.4 Å². The number of benzene rings is 9. The van der Waals surface area contributed by atoms with E-state index in [1.807, 2.05) is 37.1 Å². The predicted molar refractivity (Wildman–Crippen MR) is 346 cm³/mol. The van der Waals surface area contributed by atoms with Gasteiger partial charge in [-0.05, 0) is 90.6 Å². The zero-order valence-corrected chi connectivity index (χ0v) is 52.6. The van der Waals surface area contributed by atoms with Gasteiger partial charge >= 0.3 is 0 Å². The normalized spacial score (nSPS) is 16.1. The molecule has 83 heavy (non-hydrogen) atoms. The molecule has 4 heterocycles. The van der Waals surface area contributed by atoms with Gasteiger partial charge in [-0.25, -0.2) is 4.98 Å². The van der Waals surface area contributed by atoms with Crippen LogP contribution < -0.4 is 40.2 Å². The quantitative estimate of drug-likeness (QED) is 0.112. The minimum absolute atomic E-state index is 0. The van der Waals surface area contributed by atoms with Crippen LogP contribution in [0.15, 0.2) is 206 Å². The zero-order chi connectivity index (χ0) is 61.4. The van der Waals surface area contributed by atoms with Crippen LogP contribution in [-0.4, -0.2) is 13.1 Å². The number of anilines is 7. The SMILES string of the molecule is [2H]c1c([2H])c([2H])c(-c2cccc(-c3cc(C(C)(C)C)cc(C(C)(C)C)c3)c2N2[CH-]N(c3[c-]c(Oc4[c-]c5c6c(c4)-c4ccccc4[Si]6(c4ccccc4)c4ccccc4N5c4cc(C(C)(C)C)ccn4)cc(C(C)(C)C)c3)c3ccccc32)c([2H])c1[2H].[Pt]. The van der Waals surface area contributed by atoms with Gasteiger partial charge in [0.05, 0.1) is 6.85 Å². The summed E-state index contributed by atoms with van der Waals surface area (Å²) in [7, 11) is -2.99. The van der Waals surface area contributed by atoms with E-state index in [4.69, 9.17) is 13.8 Å². The van der Waals surface area contributed by atoms with Crippen LogP contribution in [-0.2, 0) is 42.7 Å². The van der Waals surface area contributed by atoms with Crippen molar-refractivity contribution in [3.63, 3.8) is 0 Å². The Balaban J connectivity index is 0.00000754. The van der Waals surface area contributed by atoms with E-state index in [1.165, 1.54) is 31.9 Å². The summed E-state index contributed by atoms with van der Waals surface area (Å²) in [4.78, 5) is 11.7. The van der Waals surface area contributed by atoms with Crippen molar-refractivity contribution in [2.24, 2.45) is 0 Å². The molecule has 7 heteroatoms. The number of hydrogen-bond donors (Lipinski definition) is 0. The maximum Gasteiger partial charge on any atom is 0.135 e. The number of rotatable bonds is 8. The number of pyridine rings is 1. The second kappa shape index (κ2) is 20.5. The van der Waals surface area contributed by atoms with E-state index >= 15 is 0 Å². The molecule has 0 saturated carbocycles. The van der Waals surface area contributed by atoms with E-state index < -0.39 is 26.2 Å². The third kappa shape index (κ3) is 9.57. The Kier molecular flexibility index (Phi) is 12.3. The second-order valence-corrected chi connectivity index (χ2v) is 29.9. The first kappa shape index (κ1) is 49.8. The van der Waals surface area contributed by atoms with E-state index in [2.05, 4.69) is 256 Å². The van der Waals surface area contributed by atoms with E-state index in [0.29, 0.717) is 22.7 Å². The zero-order valence-electron chi connectivity index (χ0n) is 54.3. The Labute approximate surface area is 515 Å². The summed E-state index contributed by atoms with van der Waals surface area (Å²) in [6, 6.07) is 66.5. The Morgan fingerprint density at radius 2 is 1.04 bits per heavy atom. The molecule has 3 aliphatic heterocycles. The summed E-state index contributed by atoms with van der Waals surface area (Å²) >= 11 is 0. The van der Waals surface area contributed by atoms with Crippen LogP contribution in [0.5, 0.6) is 11.5 Å². The largest absolute Gasteiger partial charge is 0.509 e. The van der Waals surface area contributed by atoms with Crippen molar-refractivity contribution in [3.05, 3.63) is 247 Å². The van der Waals surface area contributed by atoms with Gasteiger partial charge in [0.25, 0.3) is 0 Å². The molecule has 3 aliphatic rings. The van der Waals surface area contributed by atoms with Crippen LogP contribution in [0.4, 0.5) is 39.9 Å². The monoisotopic (exact) mass is 1280 g/mol. The van der Waals surface area contributed by atoms with Crippen molar-refractivity contribution < 1.29 is 32.7 Å². The molecule has 0 aliphatic carbocycles. The maximum atomic E-state index is 9.41. The Morgan fingerprint density at radius 3 is 1.70 bits per heavy atom. The fraction of sp³-hybridized carbons (Fsp3) is 0.211. The molecule has 0 bridgehead atoms. The maximum absolute atomic E-state index is 9.41. The molecule has 0 radical (unpaired) electrons. The van der Waals surface area contributed by atoms with Gasteiger partial charge in [-0.3, -0.25) is 0 Å². The van der Waals surface area contributed by atoms with Gasteiger partial charge in [0.1, 0.15) is 13.9 Å². The van der Waals surface area contributed by atoms with E-state index in [0.717, 1.165) is 67.6 Å². The smallest absolute Gasteiger partial charge is 0.135 e. The Bertz CT molecular complexity index is 4390. The van der Waals surface area contributed by atoms with Crippen LogP contribution in [0, 0.1) is 18.8 Å². The van der Waals surface area contributed by atoms with Crippen molar-refractivity contribution >= 4 is 68.8 Å². The molecule has 0 fully saturated rings. The third-order valence-corrected chi connectivity index (χ3v) is 21.6. The third-order valence-electron chi connectivity index (χ3n) is 16.7. The summed E-state index contributed by atoms with van der Waals surface area (Å²) in [5.41, 5.74) is 13.4. The number of para-hydroxylation sites is 4. The van der Waals surface area contributed by atoms with Crippen molar-refractivity contribution in [1.82, 2.24) is 4.98 Å². The number of hydrogen-bond acceptors (Lipinski definition) is 5. The van der Waals surface area contributed by atoms with Crippen LogP contribution in [0.2, 0.25) is 0 Å². The number of nitrogens with zero attached hydrogens (tertiary/aromatic N) is 4. The first-order valence-corrected chi connectivity index (χ1v) is 30.5. The minimum atomic E-state index is -2.99. The Hall–Kier alpha value is -7.76. The first-order chi connectivity index (χ1) is 41.2. The van der Waals surface area contributed by atoms with E-state index in [1.54, 1.807) is 0 Å². The molecular weight excluding hydrogens is 1210 g/mol. The standard InChI is InChI=1S/C76H71N4OSi.Pt/c1-73(2,3)52-38-39-77-70(45-52)80-66-35-22-24-37-69(66)82(59-28-17-14-18-29-59)68-36-23-19-30-62(68)63-47-58(48-67(80)72(63)82)81-57-44-55(76(10,11)12)43-56(46-57)78-49-79(65-34-21-20-33-64(65)78)71-60(50-26-15-13-16-27-50)31-25-32-61(71)51-40-53(74(4,5)6)42-54(41-51)75(7,8)9;/h13-45,47,49H,1-12H3;/q-3;/i13D,15D,16D,26D,27D;. The molecule has 0 N–H and O–H groups in total. The fourth-order valence-electron chi connectivity index (χ4n) is 12.3. The molecule has 9 aromatic carbocycles. The Morgan fingerprint density at radius 1 is 0.482 bits per heavy atom. The van der Waals surface area contributed by atoms with Crippen LogP contribution in [0.1, 0.15) is 112 Å². The average molecular weight is 1280 g/mol. The van der Waals surface area contributed by atoms with Crippen LogP contribution >= 0.6 is 0 Å². The number of fused-ring (bicyclic) bond motifs is 6. The topological polar surface area (TPSA) is 31.8 Å². The summed E-state index contributed by atoms with van der Waals surface area (Å²) in [5.74, 6) is 1.85. The van der Waals surface area contributed by atoms with Crippen molar-refractivity contribution in [3.8, 4) is 44.9 Å². The van der Waals surface area contributed by atoms with Crippen molar-refractivity contribution in [2.45, 2.75) is 105 Å². The van der Waals surface area contributed by atoms with Gasteiger partial charge in [0, 0.05) is 72.6 Å². The number of ether oxygens (including phenoxy) is 1. The second-order valence-electron chi connectivity index (χ2n) is 26.3. The van der Waals surface area contributed by atoms with Crippen molar-refractivity contribution in [1.29, 1.82) is 0 Å². The van der Waals surface area contributed by atoms with E-state index in [9.17, 15) is 2.74 Å². The molecule has 1 unspecified atom stereocenters. The molecule has 1 atom stereocenters. The minimum Gasteiger partial charge on any atom is -0.509 e.